The summed E-state index contributed by atoms with van der Waals surface area (Å²) < 4.78 is 13.7. The van der Waals surface area contributed by atoms with E-state index >= 15 is 0 Å². The summed E-state index contributed by atoms with van der Waals surface area (Å²) in [5.41, 5.74) is 2.79. The van der Waals surface area contributed by atoms with Gasteiger partial charge in [0.05, 0.1) is 5.69 Å². The van der Waals surface area contributed by atoms with E-state index in [0.29, 0.717) is 4.47 Å². The predicted octanol–water partition coefficient (Wildman–Crippen LogP) is 4.28. The Balaban J connectivity index is 2.44. The van der Waals surface area contributed by atoms with Crippen LogP contribution in [0.5, 0.6) is 0 Å². The topological polar surface area (TPSA) is 28.7 Å². The maximum atomic E-state index is 13.0. The van der Waals surface area contributed by atoms with Gasteiger partial charge in [-0.25, -0.2) is 4.39 Å². The van der Waals surface area contributed by atoms with E-state index < -0.39 is 0 Å². The van der Waals surface area contributed by atoms with Crippen molar-refractivity contribution in [3.05, 3.63) is 40.2 Å². The average molecular weight is 297 g/mol. The quantitative estimate of drug-likeness (QED) is 0.836. The van der Waals surface area contributed by atoms with Crippen LogP contribution in [0.4, 0.5) is 4.39 Å². The Bertz CT molecular complexity index is 541. The van der Waals surface area contributed by atoms with Gasteiger partial charge in [-0.05, 0) is 40.2 Å². The highest BCUT2D eigenvalue weighted by Crippen LogP contribution is 2.30. The summed E-state index contributed by atoms with van der Waals surface area (Å²) in [5, 5.41) is 7.29. The van der Waals surface area contributed by atoms with E-state index in [1.54, 1.807) is 6.07 Å². The van der Waals surface area contributed by atoms with E-state index in [-0.39, 0.29) is 11.2 Å². The van der Waals surface area contributed by atoms with Gasteiger partial charge in [0.25, 0.3) is 0 Å². The van der Waals surface area contributed by atoms with Crippen LogP contribution in [0.25, 0.3) is 11.3 Å². The number of hydrogen-bond acceptors (Lipinski definition) is 1. The second-order valence-corrected chi connectivity index (χ2v) is 5.90. The molecule has 0 amide bonds. The lowest BCUT2D eigenvalue weighted by Crippen LogP contribution is -2.11. The minimum absolute atomic E-state index is 0.0256. The number of rotatable bonds is 1. The Morgan fingerprint density at radius 2 is 1.94 bits per heavy atom. The average Bonchev–Trinajstić information content (AvgIpc) is 2.65. The first-order chi connectivity index (χ1) is 7.88. The first kappa shape index (κ1) is 12.3. The Hall–Kier alpha value is -1.16. The Morgan fingerprint density at radius 1 is 1.24 bits per heavy atom. The highest BCUT2D eigenvalue weighted by molar-refractivity contribution is 9.10. The second kappa shape index (κ2) is 4.26. The van der Waals surface area contributed by atoms with Gasteiger partial charge in [0, 0.05) is 21.1 Å². The molecule has 0 saturated carbocycles. The van der Waals surface area contributed by atoms with Crippen molar-refractivity contribution in [3.8, 4) is 11.3 Å². The number of nitrogens with one attached hydrogen (secondary N) is 1. The highest BCUT2D eigenvalue weighted by atomic mass is 79.9. The number of aromatic nitrogens is 2. The van der Waals surface area contributed by atoms with Gasteiger partial charge in [-0.3, -0.25) is 5.10 Å². The van der Waals surface area contributed by atoms with Crippen LogP contribution in [-0.2, 0) is 5.41 Å². The summed E-state index contributed by atoms with van der Waals surface area (Å²) in [6.45, 7) is 6.35. The molecular formula is C13H14BrFN2. The third kappa shape index (κ3) is 2.57. The van der Waals surface area contributed by atoms with Crippen LogP contribution < -0.4 is 0 Å². The molecule has 0 aliphatic heterocycles. The van der Waals surface area contributed by atoms with E-state index in [2.05, 4.69) is 46.9 Å². The standard InChI is InChI=1S/C13H14BrFN2/c1-13(2,3)12-7-11(16-17-12)9-5-4-8(15)6-10(9)14/h4-7H,1-3H3,(H,16,17). The minimum Gasteiger partial charge on any atom is -0.281 e. The highest BCUT2D eigenvalue weighted by Gasteiger charge is 2.17. The molecule has 0 atom stereocenters. The molecule has 0 aliphatic rings. The van der Waals surface area contributed by atoms with Gasteiger partial charge in [0.1, 0.15) is 5.82 Å². The molecule has 2 nitrogen and oxygen atoms in total. The predicted molar refractivity (Wildman–Crippen MR) is 70.4 cm³/mol. The molecule has 2 aromatic rings. The molecule has 0 saturated heterocycles. The lowest BCUT2D eigenvalue weighted by Gasteiger charge is -2.14. The molecule has 2 rings (SSSR count). The van der Waals surface area contributed by atoms with Crippen LogP contribution in [0.15, 0.2) is 28.7 Å². The van der Waals surface area contributed by atoms with Gasteiger partial charge in [-0.15, -0.1) is 0 Å². The third-order valence-electron chi connectivity index (χ3n) is 2.59. The number of benzene rings is 1. The van der Waals surface area contributed by atoms with Crippen LogP contribution in [0, 0.1) is 5.82 Å². The second-order valence-electron chi connectivity index (χ2n) is 5.04. The SMILES string of the molecule is CC(C)(C)c1cc(-c2ccc(F)cc2Br)n[nH]1. The van der Waals surface area contributed by atoms with Crippen molar-refractivity contribution < 1.29 is 4.39 Å². The van der Waals surface area contributed by atoms with Gasteiger partial charge in [-0.1, -0.05) is 20.8 Å². The monoisotopic (exact) mass is 296 g/mol. The molecule has 4 heteroatoms. The first-order valence-electron chi connectivity index (χ1n) is 5.39. The van der Waals surface area contributed by atoms with Crippen LogP contribution in [-0.4, -0.2) is 10.2 Å². The Kier molecular flexibility index (Phi) is 3.08. The Labute approximate surface area is 108 Å². The Morgan fingerprint density at radius 3 is 2.47 bits per heavy atom. The van der Waals surface area contributed by atoms with Crippen molar-refractivity contribution in [1.82, 2.24) is 10.2 Å². The molecule has 1 aromatic heterocycles. The fraction of sp³-hybridized carbons (Fsp3) is 0.308. The van der Waals surface area contributed by atoms with E-state index in [1.807, 2.05) is 6.07 Å². The van der Waals surface area contributed by atoms with Crippen molar-refractivity contribution in [3.63, 3.8) is 0 Å². The minimum atomic E-state index is -0.257. The molecule has 0 spiro atoms. The van der Waals surface area contributed by atoms with Crippen LogP contribution >= 0.6 is 15.9 Å². The van der Waals surface area contributed by atoms with Crippen molar-refractivity contribution in [2.75, 3.05) is 0 Å². The van der Waals surface area contributed by atoms with Crippen molar-refractivity contribution in [2.24, 2.45) is 0 Å². The molecule has 90 valence electrons. The lowest BCUT2D eigenvalue weighted by atomic mass is 9.92. The third-order valence-corrected chi connectivity index (χ3v) is 3.25. The van der Waals surface area contributed by atoms with Crippen molar-refractivity contribution >= 4 is 15.9 Å². The van der Waals surface area contributed by atoms with Gasteiger partial charge >= 0.3 is 0 Å². The zero-order valence-corrected chi connectivity index (χ0v) is 11.6. The lowest BCUT2D eigenvalue weighted by molar-refractivity contribution is 0.567. The zero-order valence-electron chi connectivity index (χ0n) is 10.0. The maximum Gasteiger partial charge on any atom is 0.124 e. The molecule has 1 N–H and O–H groups in total. The summed E-state index contributed by atoms with van der Waals surface area (Å²) in [6, 6.07) is 6.60. The summed E-state index contributed by atoms with van der Waals surface area (Å²) in [5.74, 6) is -0.257. The normalized spacial score (nSPS) is 11.8. The van der Waals surface area contributed by atoms with E-state index in [4.69, 9.17) is 0 Å². The van der Waals surface area contributed by atoms with Crippen LogP contribution in [0.2, 0.25) is 0 Å². The van der Waals surface area contributed by atoms with Gasteiger partial charge in [0.2, 0.25) is 0 Å². The smallest absolute Gasteiger partial charge is 0.124 e. The van der Waals surface area contributed by atoms with Crippen LogP contribution in [0.3, 0.4) is 0 Å². The summed E-state index contributed by atoms with van der Waals surface area (Å²) in [7, 11) is 0. The number of hydrogen-bond donors (Lipinski definition) is 1. The van der Waals surface area contributed by atoms with Crippen LogP contribution in [0.1, 0.15) is 26.5 Å². The molecule has 0 bridgehead atoms. The molecule has 1 aromatic carbocycles. The first-order valence-corrected chi connectivity index (χ1v) is 6.18. The number of halogens is 2. The van der Waals surface area contributed by atoms with E-state index in [0.717, 1.165) is 17.0 Å². The number of aromatic amines is 1. The molecule has 17 heavy (non-hydrogen) atoms. The summed E-state index contributed by atoms with van der Waals surface area (Å²) in [4.78, 5) is 0. The molecule has 0 fully saturated rings. The van der Waals surface area contributed by atoms with E-state index in [9.17, 15) is 4.39 Å². The maximum absolute atomic E-state index is 13.0. The molecule has 0 aliphatic carbocycles. The largest absolute Gasteiger partial charge is 0.281 e. The van der Waals surface area contributed by atoms with Gasteiger partial charge in [-0.2, -0.15) is 5.10 Å². The van der Waals surface area contributed by atoms with Crippen molar-refractivity contribution in [2.45, 2.75) is 26.2 Å². The van der Waals surface area contributed by atoms with Crippen molar-refractivity contribution in [1.29, 1.82) is 0 Å². The summed E-state index contributed by atoms with van der Waals surface area (Å²) in [6.07, 6.45) is 0. The molecule has 1 heterocycles. The summed E-state index contributed by atoms with van der Waals surface area (Å²) >= 11 is 3.35. The van der Waals surface area contributed by atoms with Gasteiger partial charge in [0.15, 0.2) is 0 Å². The molecule has 0 unspecified atom stereocenters. The fourth-order valence-electron chi connectivity index (χ4n) is 1.54. The van der Waals surface area contributed by atoms with Gasteiger partial charge < -0.3 is 0 Å². The number of H-pyrrole nitrogens is 1. The molecular weight excluding hydrogens is 283 g/mol. The van der Waals surface area contributed by atoms with E-state index in [1.165, 1.54) is 12.1 Å². The molecule has 0 radical (unpaired) electrons. The number of nitrogens with zero attached hydrogens (tertiary/aromatic N) is 1. The zero-order chi connectivity index (χ0) is 12.6. The fourth-order valence-corrected chi connectivity index (χ4v) is 2.10.